The molecule has 1 aromatic carbocycles. The average Bonchev–Trinajstić information content (AvgIpc) is 3.08. The van der Waals surface area contributed by atoms with Crippen LogP contribution in [0.25, 0.3) is 0 Å². The third kappa shape index (κ3) is 7.29. The first-order valence-electron chi connectivity index (χ1n) is 9.81. The Bertz CT molecular complexity index is 660. The summed E-state index contributed by atoms with van der Waals surface area (Å²) < 4.78 is 0. The van der Waals surface area contributed by atoms with E-state index in [-0.39, 0.29) is 18.4 Å². The topological polar surface area (TPSA) is 85.8 Å². The van der Waals surface area contributed by atoms with Crippen molar-refractivity contribution in [2.75, 3.05) is 38.0 Å². The number of likely N-dealkylation sites (tertiary alicyclic amines) is 1. The van der Waals surface area contributed by atoms with E-state index in [2.05, 4.69) is 27.9 Å². The van der Waals surface area contributed by atoms with Gasteiger partial charge in [0.25, 0.3) is 0 Å². The highest BCUT2D eigenvalue weighted by atomic mass is 16.2. The van der Waals surface area contributed by atoms with E-state index in [9.17, 15) is 9.59 Å². The molecule has 3 N–H and O–H groups in total. The number of amides is 2. The number of guanidine groups is 1. The molecule has 0 spiro atoms. The smallest absolute Gasteiger partial charge is 0.246 e. The number of nitrogens with zero attached hydrogens (tertiary/aromatic N) is 2. The molecule has 1 heterocycles. The average molecular weight is 374 g/mol. The fraction of sp³-hybridized carbons (Fsp3) is 0.550. The Labute approximate surface area is 161 Å². The molecule has 7 heteroatoms. The number of aliphatic imine (C=N–C) groups is 1. The number of carbonyl (C=O) groups excluding carboxylic acids is 2. The molecule has 148 valence electrons. The number of hydrogen-bond acceptors (Lipinski definition) is 3. The van der Waals surface area contributed by atoms with Gasteiger partial charge in [-0.3, -0.25) is 9.59 Å². The van der Waals surface area contributed by atoms with Gasteiger partial charge < -0.3 is 20.9 Å². The van der Waals surface area contributed by atoms with Crippen LogP contribution >= 0.6 is 0 Å². The molecule has 27 heavy (non-hydrogen) atoms. The van der Waals surface area contributed by atoms with Crippen molar-refractivity contribution in [1.82, 2.24) is 15.5 Å². The monoisotopic (exact) mass is 373 g/mol. The molecule has 7 nitrogen and oxygen atoms in total. The number of hydrogen-bond donors (Lipinski definition) is 3. The zero-order chi connectivity index (χ0) is 19.5. The Kier molecular flexibility index (Phi) is 8.61. The van der Waals surface area contributed by atoms with Crippen LogP contribution < -0.4 is 16.0 Å². The zero-order valence-corrected chi connectivity index (χ0v) is 16.4. The second-order valence-electron chi connectivity index (χ2n) is 6.56. The molecule has 2 amide bonds. The standard InChI is InChI=1S/C20H31N5O2/c1-3-16-8-5-9-17(14-16)24-18(26)15-23-20(21-4-2)22-11-7-13-25-12-6-10-19(25)27/h5,8-9,14H,3-4,6-7,10-13,15H2,1-2H3,(H,24,26)(H2,21,22,23). The van der Waals surface area contributed by atoms with Crippen LogP contribution in [-0.2, 0) is 16.0 Å². The van der Waals surface area contributed by atoms with Crippen LogP contribution in [0.15, 0.2) is 29.3 Å². The summed E-state index contributed by atoms with van der Waals surface area (Å²) >= 11 is 0. The fourth-order valence-electron chi connectivity index (χ4n) is 2.98. The predicted octanol–water partition coefficient (Wildman–Crippen LogP) is 1.76. The van der Waals surface area contributed by atoms with E-state index < -0.39 is 0 Å². The minimum Gasteiger partial charge on any atom is -0.357 e. The van der Waals surface area contributed by atoms with Gasteiger partial charge in [-0.15, -0.1) is 0 Å². The second kappa shape index (κ2) is 11.2. The molecule has 0 aromatic heterocycles. The van der Waals surface area contributed by atoms with Gasteiger partial charge in [0.05, 0.1) is 0 Å². The highest BCUT2D eigenvalue weighted by molar-refractivity contribution is 5.94. The summed E-state index contributed by atoms with van der Waals surface area (Å²) in [7, 11) is 0. The van der Waals surface area contributed by atoms with Crippen LogP contribution in [-0.4, -0.2) is 55.4 Å². The third-order valence-corrected chi connectivity index (χ3v) is 4.41. The third-order valence-electron chi connectivity index (χ3n) is 4.41. The van der Waals surface area contributed by atoms with Crippen molar-refractivity contribution in [2.45, 2.75) is 39.5 Å². The van der Waals surface area contributed by atoms with Gasteiger partial charge >= 0.3 is 0 Å². The van der Waals surface area contributed by atoms with Gasteiger partial charge in [-0.1, -0.05) is 19.1 Å². The summed E-state index contributed by atoms with van der Waals surface area (Å²) in [6, 6.07) is 7.83. The quantitative estimate of drug-likeness (QED) is 0.350. The predicted molar refractivity (Wildman–Crippen MR) is 109 cm³/mol. The van der Waals surface area contributed by atoms with E-state index in [1.165, 1.54) is 5.56 Å². The maximum atomic E-state index is 12.1. The van der Waals surface area contributed by atoms with Crippen LogP contribution in [0, 0.1) is 0 Å². The first-order chi connectivity index (χ1) is 13.1. The van der Waals surface area contributed by atoms with Crippen molar-refractivity contribution in [1.29, 1.82) is 0 Å². The molecule has 0 atom stereocenters. The summed E-state index contributed by atoms with van der Waals surface area (Å²) in [5.74, 6) is 0.713. The molecule has 0 bridgehead atoms. The van der Waals surface area contributed by atoms with Crippen molar-refractivity contribution in [3.05, 3.63) is 29.8 Å². The van der Waals surface area contributed by atoms with E-state index in [0.717, 1.165) is 44.6 Å². The molecule has 1 aliphatic heterocycles. The lowest BCUT2D eigenvalue weighted by atomic mass is 10.1. The summed E-state index contributed by atoms with van der Waals surface area (Å²) in [6.07, 6.45) is 3.42. The van der Waals surface area contributed by atoms with Gasteiger partial charge in [-0.2, -0.15) is 0 Å². The number of anilines is 1. The van der Waals surface area contributed by atoms with Crippen LogP contribution in [0.3, 0.4) is 0 Å². The molecular weight excluding hydrogens is 342 g/mol. The highest BCUT2D eigenvalue weighted by Crippen LogP contribution is 2.11. The van der Waals surface area contributed by atoms with Crippen LogP contribution in [0.2, 0.25) is 0 Å². The lowest BCUT2D eigenvalue weighted by Crippen LogP contribution is -2.39. The largest absolute Gasteiger partial charge is 0.357 e. The van der Waals surface area contributed by atoms with Crippen molar-refractivity contribution in [3.8, 4) is 0 Å². The Hall–Kier alpha value is -2.57. The van der Waals surface area contributed by atoms with E-state index in [0.29, 0.717) is 18.9 Å². The first kappa shape index (κ1) is 20.7. The maximum absolute atomic E-state index is 12.1. The molecule has 1 aromatic rings. The van der Waals surface area contributed by atoms with Gasteiger partial charge in [0.1, 0.15) is 6.54 Å². The molecule has 0 radical (unpaired) electrons. The zero-order valence-electron chi connectivity index (χ0n) is 16.4. The number of carbonyl (C=O) groups is 2. The van der Waals surface area contributed by atoms with Gasteiger partial charge in [0, 0.05) is 38.3 Å². The van der Waals surface area contributed by atoms with E-state index >= 15 is 0 Å². The summed E-state index contributed by atoms with van der Waals surface area (Å²) in [5.41, 5.74) is 1.98. The molecule has 1 saturated heterocycles. The van der Waals surface area contributed by atoms with Crippen molar-refractivity contribution in [2.24, 2.45) is 4.99 Å². The molecule has 1 fully saturated rings. The minimum atomic E-state index is -0.150. The van der Waals surface area contributed by atoms with Crippen LogP contribution in [0.4, 0.5) is 5.69 Å². The fourth-order valence-corrected chi connectivity index (χ4v) is 2.98. The van der Waals surface area contributed by atoms with Crippen LogP contribution in [0.5, 0.6) is 0 Å². The Balaban J connectivity index is 1.75. The Morgan fingerprint density at radius 1 is 1.26 bits per heavy atom. The van der Waals surface area contributed by atoms with Gasteiger partial charge in [-0.25, -0.2) is 4.99 Å². The Morgan fingerprint density at radius 2 is 2.11 bits per heavy atom. The Morgan fingerprint density at radius 3 is 2.81 bits per heavy atom. The molecule has 1 aliphatic rings. The van der Waals surface area contributed by atoms with Gasteiger partial charge in [0.2, 0.25) is 11.8 Å². The van der Waals surface area contributed by atoms with E-state index in [1.54, 1.807) is 0 Å². The molecular formula is C20H31N5O2. The lowest BCUT2D eigenvalue weighted by Gasteiger charge is -2.16. The number of rotatable bonds is 9. The lowest BCUT2D eigenvalue weighted by molar-refractivity contribution is -0.127. The SMILES string of the molecule is CCNC(=NCC(=O)Nc1cccc(CC)c1)NCCCN1CCCC1=O. The van der Waals surface area contributed by atoms with Gasteiger partial charge in [-0.05, 0) is 43.9 Å². The number of nitrogens with one attached hydrogen (secondary N) is 3. The van der Waals surface area contributed by atoms with E-state index in [1.807, 2.05) is 36.1 Å². The first-order valence-corrected chi connectivity index (χ1v) is 9.81. The second-order valence-corrected chi connectivity index (χ2v) is 6.56. The maximum Gasteiger partial charge on any atom is 0.246 e. The summed E-state index contributed by atoms with van der Waals surface area (Å²) in [6.45, 7) is 7.17. The molecule has 2 rings (SSSR count). The highest BCUT2D eigenvalue weighted by Gasteiger charge is 2.18. The minimum absolute atomic E-state index is 0.0519. The van der Waals surface area contributed by atoms with Gasteiger partial charge in [0.15, 0.2) is 5.96 Å². The van der Waals surface area contributed by atoms with Crippen molar-refractivity contribution < 1.29 is 9.59 Å². The molecule has 0 unspecified atom stereocenters. The van der Waals surface area contributed by atoms with Crippen molar-refractivity contribution in [3.63, 3.8) is 0 Å². The normalized spacial score (nSPS) is 14.4. The molecule has 0 saturated carbocycles. The van der Waals surface area contributed by atoms with Crippen molar-refractivity contribution >= 4 is 23.5 Å². The summed E-state index contributed by atoms with van der Waals surface area (Å²) in [4.78, 5) is 30.0. The molecule has 0 aliphatic carbocycles. The number of benzene rings is 1. The summed E-state index contributed by atoms with van der Waals surface area (Å²) in [5, 5.41) is 9.23. The number of aryl methyl sites for hydroxylation is 1. The van der Waals surface area contributed by atoms with E-state index in [4.69, 9.17) is 0 Å². The van der Waals surface area contributed by atoms with Crippen LogP contribution in [0.1, 0.15) is 38.7 Å².